The molecule has 0 radical (unpaired) electrons. The number of ether oxygens (including phenoxy) is 2. The third kappa shape index (κ3) is 1.95. The maximum Gasteiger partial charge on any atom is 0.162 e. The number of nitrogens with two attached hydrogens (primary N) is 1. The molecule has 0 fully saturated rings. The molecular formula is C13H11ClN2O2. The number of halogens is 1. The summed E-state index contributed by atoms with van der Waals surface area (Å²) in [5, 5.41) is 0.603. The lowest BCUT2D eigenvalue weighted by Crippen LogP contribution is -2.15. The topological polar surface area (TPSA) is 57.4 Å². The minimum atomic E-state index is 0.479. The summed E-state index contributed by atoms with van der Waals surface area (Å²) in [5.74, 6) is 1.86. The highest BCUT2D eigenvalue weighted by Crippen LogP contribution is 2.39. The molecule has 2 aromatic rings. The number of nitrogens with zero attached hydrogens (tertiary/aromatic N) is 1. The van der Waals surface area contributed by atoms with Crippen LogP contribution in [0.1, 0.15) is 0 Å². The SMILES string of the molecule is Nc1ccc(-c2cc3c(cc2Cl)OCCO3)cn1. The number of fused-ring (bicyclic) bond motifs is 1. The fourth-order valence-electron chi connectivity index (χ4n) is 1.85. The number of nitrogen functional groups attached to an aromatic ring is 1. The zero-order valence-corrected chi connectivity index (χ0v) is 10.3. The fourth-order valence-corrected chi connectivity index (χ4v) is 2.11. The summed E-state index contributed by atoms with van der Waals surface area (Å²) >= 11 is 6.24. The largest absolute Gasteiger partial charge is 0.486 e. The molecule has 1 aliphatic rings. The van der Waals surface area contributed by atoms with Crippen molar-refractivity contribution in [3.05, 3.63) is 35.5 Å². The number of hydrogen-bond acceptors (Lipinski definition) is 4. The van der Waals surface area contributed by atoms with Crippen molar-refractivity contribution in [3.8, 4) is 22.6 Å². The number of pyridine rings is 1. The lowest BCUT2D eigenvalue weighted by Gasteiger charge is -2.19. The molecule has 2 N–H and O–H groups in total. The second kappa shape index (κ2) is 4.38. The first kappa shape index (κ1) is 11.2. The van der Waals surface area contributed by atoms with Crippen molar-refractivity contribution >= 4 is 17.4 Å². The predicted octanol–water partition coefficient (Wildman–Crippen LogP) is 2.76. The summed E-state index contributed by atoms with van der Waals surface area (Å²) in [6.07, 6.45) is 1.69. The molecule has 92 valence electrons. The average molecular weight is 263 g/mol. The van der Waals surface area contributed by atoms with E-state index < -0.39 is 0 Å². The number of benzene rings is 1. The Morgan fingerprint density at radius 2 is 1.83 bits per heavy atom. The van der Waals surface area contributed by atoms with E-state index in [2.05, 4.69) is 4.98 Å². The van der Waals surface area contributed by atoms with Gasteiger partial charge in [-0.3, -0.25) is 0 Å². The van der Waals surface area contributed by atoms with Gasteiger partial charge in [0.05, 0.1) is 5.02 Å². The van der Waals surface area contributed by atoms with Crippen LogP contribution in [-0.2, 0) is 0 Å². The van der Waals surface area contributed by atoms with Gasteiger partial charge in [0, 0.05) is 23.4 Å². The molecule has 2 heterocycles. The van der Waals surface area contributed by atoms with Crippen molar-refractivity contribution in [1.82, 2.24) is 4.98 Å². The Morgan fingerprint density at radius 1 is 1.11 bits per heavy atom. The Kier molecular flexibility index (Phi) is 2.72. The van der Waals surface area contributed by atoms with E-state index in [0.29, 0.717) is 35.6 Å². The van der Waals surface area contributed by atoms with Gasteiger partial charge in [0.25, 0.3) is 0 Å². The van der Waals surface area contributed by atoms with Gasteiger partial charge in [-0.15, -0.1) is 0 Å². The van der Waals surface area contributed by atoms with Crippen molar-refractivity contribution in [1.29, 1.82) is 0 Å². The van der Waals surface area contributed by atoms with E-state index in [1.807, 2.05) is 12.1 Å². The Balaban J connectivity index is 2.09. The summed E-state index contributed by atoms with van der Waals surface area (Å²) in [6, 6.07) is 7.24. The predicted molar refractivity (Wildman–Crippen MR) is 70.1 cm³/mol. The third-order valence-electron chi connectivity index (χ3n) is 2.73. The smallest absolute Gasteiger partial charge is 0.162 e. The number of anilines is 1. The van der Waals surface area contributed by atoms with E-state index in [4.69, 9.17) is 26.8 Å². The van der Waals surface area contributed by atoms with E-state index in [-0.39, 0.29) is 0 Å². The molecule has 5 heteroatoms. The Bertz CT molecular complexity index is 584. The maximum atomic E-state index is 6.24. The van der Waals surface area contributed by atoms with Crippen LogP contribution in [-0.4, -0.2) is 18.2 Å². The zero-order chi connectivity index (χ0) is 12.5. The number of aromatic nitrogens is 1. The van der Waals surface area contributed by atoms with Gasteiger partial charge in [0.2, 0.25) is 0 Å². The summed E-state index contributed by atoms with van der Waals surface area (Å²) in [5.41, 5.74) is 7.31. The highest BCUT2D eigenvalue weighted by molar-refractivity contribution is 6.33. The van der Waals surface area contributed by atoms with E-state index >= 15 is 0 Å². The van der Waals surface area contributed by atoms with Crippen LogP contribution in [0, 0.1) is 0 Å². The molecule has 0 saturated carbocycles. The maximum absolute atomic E-state index is 6.24. The molecule has 4 nitrogen and oxygen atoms in total. The molecule has 1 aliphatic heterocycles. The number of hydrogen-bond donors (Lipinski definition) is 1. The van der Waals surface area contributed by atoms with E-state index in [0.717, 1.165) is 11.1 Å². The van der Waals surface area contributed by atoms with Crippen LogP contribution in [0.2, 0.25) is 5.02 Å². The Hall–Kier alpha value is -1.94. The van der Waals surface area contributed by atoms with E-state index in [1.165, 1.54) is 0 Å². The second-order valence-corrected chi connectivity index (χ2v) is 4.35. The van der Waals surface area contributed by atoms with Crippen LogP contribution >= 0.6 is 11.6 Å². The zero-order valence-electron chi connectivity index (χ0n) is 9.52. The molecule has 1 aromatic heterocycles. The van der Waals surface area contributed by atoms with Crippen molar-refractivity contribution < 1.29 is 9.47 Å². The first-order valence-corrected chi connectivity index (χ1v) is 5.93. The molecule has 1 aromatic carbocycles. The van der Waals surface area contributed by atoms with Crippen LogP contribution in [0.15, 0.2) is 30.5 Å². The van der Waals surface area contributed by atoms with Crippen LogP contribution in [0.5, 0.6) is 11.5 Å². The van der Waals surface area contributed by atoms with Gasteiger partial charge in [0.15, 0.2) is 11.5 Å². The molecular weight excluding hydrogens is 252 g/mol. The van der Waals surface area contributed by atoms with E-state index in [1.54, 1.807) is 18.3 Å². The van der Waals surface area contributed by atoms with Crippen molar-refractivity contribution in [2.45, 2.75) is 0 Å². The highest BCUT2D eigenvalue weighted by atomic mass is 35.5. The van der Waals surface area contributed by atoms with Crippen LogP contribution in [0.25, 0.3) is 11.1 Å². The molecule has 18 heavy (non-hydrogen) atoms. The van der Waals surface area contributed by atoms with Gasteiger partial charge in [-0.2, -0.15) is 0 Å². The Labute approximate surface area is 109 Å². The summed E-state index contributed by atoms with van der Waals surface area (Å²) < 4.78 is 11.0. The highest BCUT2D eigenvalue weighted by Gasteiger charge is 2.15. The van der Waals surface area contributed by atoms with Gasteiger partial charge in [-0.1, -0.05) is 11.6 Å². The summed E-state index contributed by atoms with van der Waals surface area (Å²) in [6.45, 7) is 1.10. The monoisotopic (exact) mass is 262 g/mol. The lowest BCUT2D eigenvalue weighted by molar-refractivity contribution is 0.171. The first-order chi connectivity index (χ1) is 8.74. The number of rotatable bonds is 1. The molecule has 3 rings (SSSR count). The molecule has 0 bridgehead atoms. The summed E-state index contributed by atoms with van der Waals surface area (Å²) in [4.78, 5) is 4.06. The molecule has 0 aliphatic carbocycles. The quantitative estimate of drug-likeness (QED) is 0.859. The molecule has 0 unspecified atom stereocenters. The minimum Gasteiger partial charge on any atom is -0.486 e. The summed E-state index contributed by atoms with van der Waals surface area (Å²) in [7, 11) is 0. The normalized spacial score (nSPS) is 13.4. The lowest BCUT2D eigenvalue weighted by atomic mass is 10.1. The van der Waals surface area contributed by atoms with Crippen molar-refractivity contribution in [3.63, 3.8) is 0 Å². The van der Waals surface area contributed by atoms with Gasteiger partial charge in [0.1, 0.15) is 19.0 Å². The third-order valence-corrected chi connectivity index (χ3v) is 3.04. The Morgan fingerprint density at radius 3 is 2.50 bits per heavy atom. The van der Waals surface area contributed by atoms with Crippen LogP contribution in [0.3, 0.4) is 0 Å². The molecule has 0 spiro atoms. The van der Waals surface area contributed by atoms with Crippen LogP contribution in [0.4, 0.5) is 5.82 Å². The second-order valence-electron chi connectivity index (χ2n) is 3.95. The van der Waals surface area contributed by atoms with Crippen molar-refractivity contribution in [2.24, 2.45) is 0 Å². The first-order valence-electron chi connectivity index (χ1n) is 5.55. The molecule has 0 atom stereocenters. The van der Waals surface area contributed by atoms with Gasteiger partial charge >= 0.3 is 0 Å². The fraction of sp³-hybridized carbons (Fsp3) is 0.154. The van der Waals surface area contributed by atoms with Gasteiger partial charge < -0.3 is 15.2 Å². The minimum absolute atomic E-state index is 0.479. The van der Waals surface area contributed by atoms with E-state index in [9.17, 15) is 0 Å². The average Bonchev–Trinajstić information content (AvgIpc) is 2.39. The standard InChI is InChI=1S/C13H11ClN2O2/c14-10-6-12-11(17-3-4-18-12)5-9(10)8-1-2-13(15)16-7-8/h1-2,5-7H,3-4H2,(H2,15,16). The van der Waals surface area contributed by atoms with Gasteiger partial charge in [-0.25, -0.2) is 4.98 Å². The van der Waals surface area contributed by atoms with Crippen LogP contribution < -0.4 is 15.2 Å². The molecule has 0 amide bonds. The van der Waals surface area contributed by atoms with Crippen molar-refractivity contribution in [2.75, 3.05) is 18.9 Å². The van der Waals surface area contributed by atoms with Gasteiger partial charge in [-0.05, 0) is 18.2 Å². The molecule has 0 saturated heterocycles.